The zero-order valence-electron chi connectivity index (χ0n) is 16.8. The zero-order chi connectivity index (χ0) is 22.0. The number of carbonyl (C=O) groups is 1. The molecule has 0 saturated heterocycles. The molecule has 8 heteroatoms. The van der Waals surface area contributed by atoms with Crippen LogP contribution in [0.3, 0.4) is 0 Å². The molecule has 0 aliphatic carbocycles. The van der Waals surface area contributed by atoms with Crippen LogP contribution in [0.1, 0.15) is 15.9 Å². The molecule has 0 atom stereocenters. The van der Waals surface area contributed by atoms with Crippen LogP contribution in [-0.4, -0.2) is 28.2 Å². The van der Waals surface area contributed by atoms with Crippen LogP contribution in [0.15, 0.2) is 65.1 Å². The second-order valence-electron chi connectivity index (χ2n) is 6.86. The van der Waals surface area contributed by atoms with Gasteiger partial charge in [0.05, 0.1) is 12.7 Å². The highest BCUT2D eigenvalue weighted by molar-refractivity contribution is 7.80. The molecule has 0 unspecified atom stereocenters. The van der Waals surface area contributed by atoms with Crippen molar-refractivity contribution < 1.29 is 19.1 Å². The van der Waals surface area contributed by atoms with Gasteiger partial charge in [-0.25, -0.2) is 4.98 Å². The molecule has 31 heavy (non-hydrogen) atoms. The van der Waals surface area contributed by atoms with Crippen LogP contribution in [-0.2, 0) is 0 Å². The summed E-state index contributed by atoms with van der Waals surface area (Å²) in [5.41, 5.74) is 3.80. The van der Waals surface area contributed by atoms with Crippen LogP contribution in [0.4, 0.5) is 5.69 Å². The number of rotatable bonds is 4. The molecule has 0 radical (unpaired) electrons. The summed E-state index contributed by atoms with van der Waals surface area (Å²) in [7, 11) is 1.53. The first kappa shape index (κ1) is 20.4. The topological polar surface area (TPSA) is 96.6 Å². The van der Waals surface area contributed by atoms with E-state index in [0.29, 0.717) is 34.0 Å². The molecule has 0 aliphatic heterocycles. The normalized spacial score (nSPS) is 10.6. The second kappa shape index (κ2) is 8.45. The molecule has 4 aromatic rings. The molecular formula is C23H19N3O4S. The fourth-order valence-corrected chi connectivity index (χ4v) is 3.26. The van der Waals surface area contributed by atoms with Gasteiger partial charge in [-0.15, -0.1) is 0 Å². The highest BCUT2D eigenvalue weighted by Crippen LogP contribution is 2.33. The summed E-state index contributed by atoms with van der Waals surface area (Å²) in [5, 5.41) is 16.0. The Hall–Kier alpha value is -3.91. The van der Waals surface area contributed by atoms with Gasteiger partial charge in [0.25, 0.3) is 5.91 Å². The molecule has 1 aromatic heterocycles. The Morgan fingerprint density at radius 1 is 1.13 bits per heavy atom. The van der Waals surface area contributed by atoms with Gasteiger partial charge < -0.3 is 19.6 Å². The Bertz CT molecular complexity index is 1300. The van der Waals surface area contributed by atoms with Gasteiger partial charge in [0.1, 0.15) is 17.0 Å². The van der Waals surface area contributed by atoms with Crippen molar-refractivity contribution >= 4 is 40.0 Å². The van der Waals surface area contributed by atoms with Gasteiger partial charge in [-0.1, -0.05) is 12.1 Å². The summed E-state index contributed by atoms with van der Waals surface area (Å²) in [6.07, 6.45) is 0. The average Bonchev–Trinajstić information content (AvgIpc) is 3.16. The van der Waals surface area contributed by atoms with Crippen LogP contribution in [0.5, 0.6) is 11.5 Å². The van der Waals surface area contributed by atoms with Gasteiger partial charge in [0.15, 0.2) is 10.7 Å². The smallest absolute Gasteiger partial charge is 0.257 e. The summed E-state index contributed by atoms with van der Waals surface area (Å²) in [6, 6.07) is 17.3. The number of carbonyl (C=O) groups excluding carboxylic acids is 1. The number of amides is 1. The lowest BCUT2D eigenvalue weighted by Gasteiger charge is -2.11. The first-order valence-corrected chi connectivity index (χ1v) is 9.81. The highest BCUT2D eigenvalue weighted by Gasteiger charge is 2.14. The van der Waals surface area contributed by atoms with Crippen molar-refractivity contribution in [3.8, 4) is 23.0 Å². The lowest BCUT2D eigenvalue weighted by Crippen LogP contribution is -2.34. The Morgan fingerprint density at radius 3 is 2.74 bits per heavy atom. The molecule has 0 aliphatic rings. The van der Waals surface area contributed by atoms with Gasteiger partial charge in [-0.2, -0.15) is 0 Å². The Balaban J connectivity index is 1.47. The van der Waals surface area contributed by atoms with Crippen LogP contribution in [0.2, 0.25) is 0 Å². The Labute approximate surface area is 183 Å². The van der Waals surface area contributed by atoms with Crippen molar-refractivity contribution in [2.45, 2.75) is 6.92 Å². The van der Waals surface area contributed by atoms with E-state index in [1.165, 1.54) is 13.2 Å². The number of methoxy groups -OCH3 is 1. The van der Waals surface area contributed by atoms with E-state index >= 15 is 0 Å². The molecule has 4 rings (SSSR count). The second-order valence-corrected chi connectivity index (χ2v) is 7.27. The number of nitrogens with zero attached hydrogens (tertiary/aromatic N) is 1. The minimum Gasteiger partial charge on any atom is -0.507 e. The molecule has 156 valence electrons. The van der Waals surface area contributed by atoms with Crippen LogP contribution < -0.4 is 15.4 Å². The predicted molar refractivity (Wildman–Crippen MR) is 123 cm³/mol. The minimum atomic E-state index is -0.376. The largest absolute Gasteiger partial charge is 0.507 e. The third-order valence-electron chi connectivity index (χ3n) is 4.59. The van der Waals surface area contributed by atoms with Crippen LogP contribution >= 0.6 is 12.2 Å². The fourth-order valence-electron chi connectivity index (χ4n) is 3.04. The summed E-state index contributed by atoms with van der Waals surface area (Å²) in [5.74, 6) is 0.481. The molecule has 3 aromatic carbocycles. The lowest BCUT2D eigenvalue weighted by molar-refractivity contribution is 0.0977. The monoisotopic (exact) mass is 433 g/mol. The highest BCUT2D eigenvalue weighted by atomic mass is 32.1. The zero-order valence-corrected chi connectivity index (χ0v) is 17.6. The molecule has 0 fully saturated rings. The maximum atomic E-state index is 12.4. The van der Waals surface area contributed by atoms with E-state index in [2.05, 4.69) is 15.6 Å². The Kier molecular flexibility index (Phi) is 5.55. The molecule has 1 heterocycles. The molecule has 1 amide bonds. The molecule has 3 N–H and O–H groups in total. The minimum absolute atomic E-state index is 0.0322. The van der Waals surface area contributed by atoms with Crippen molar-refractivity contribution in [2.75, 3.05) is 12.4 Å². The van der Waals surface area contributed by atoms with E-state index in [4.69, 9.17) is 21.4 Å². The van der Waals surface area contributed by atoms with Crippen molar-refractivity contribution in [1.82, 2.24) is 10.3 Å². The molecule has 7 nitrogen and oxygen atoms in total. The third-order valence-corrected chi connectivity index (χ3v) is 4.79. The third kappa shape index (κ3) is 4.49. The van der Waals surface area contributed by atoms with Crippen molar-refractivity contribution in [3.63, 3.8) is 0 Å². The maximum Gasteiger partial charge on any atom is 0.257 e. The van der Waals surface area contributed by atoms with Gasteiger partial charge in [0.2, 0.25) is 5.89 Å². The summed E-state index contributed by atoms with van der Waals surface area (Å²) in [4.78, 5) is 16.8. The molecular weight excluding hydrogens is 414 g/mol. The van der Waals surface area contributed by atoms with Crippen LogP contribution in [0.25, 0.3) is 22.6 Å². The number of fused-ring (bicyclic) bond motifs is 1. The van der Waals surface area contributed by atoms with E-state index in [9.17, 15) is 9.90 Å². The number of aryl methyl sites for hydroxylation is 1. The first-order chi connectivity index (χ1) is 14.9. The number of oxazole rings is 1. The number of phenols is 1. The van der Waals surface area contributed by atoms with Crippen molar-refractivity contribution in [1.29, 1.82) is 0 Å². The number of benzene rings is 3. The summed E-state index contributed by atoms with van der Waals surface area (Å²) >= 11 is 5.21. The van der Waals surface area contributed by atoms with Gasteiger partial charge in [0, 0.05) is 17.3 Å². The number of nitrogens with one attached hydrogen (secondary N) is 2. The number of hydrogen-bond donors (Lipinski definition) is 3. The van der Waals surface area contributed by atoms with Gasteiger partial charge in [-0.05, 0) is 67.2 Å². The quantitative estimate of drug-likeness (QED) is 0.403. The summed E-state index contributed by atoms with van der Waals surface area (Å²) in [6.45, 7) is 1.97. The van der Waals surface area contributed by atoms with E-state index < -0.39 is 0 Å². The number of thiocarbonyl (C=S) groups is 1. The average molecular weight is 433 g/mol. The van der Waals surface area contributed by atoms with Gasteiger partial charge in [-0.3, -0.25) is 10.1 Å². The number of ether oxygens (including phenoxy) is 1. The number of phenolic OH excluding ortho intramolecular Hbond substituents is 1. The molecule has 0 saturated carbocycles. The van der Waals surface area contributed by atoms with Crippen molar-refractivity contribution in [2.24, 2.45) is 0 Å². The fraction of sp³-hybridized carbons (Fsp3) is 0.0870. The summed E-state index contributed by atoms with van der Waals surface area (Å²) < 4.78 is 10.9. The molecule has 0 spiro atoms. The van der Waals surface area contributed by atoms with E-state index in [1.54, 1.807) is 36.4 Å². The van der Waals surface area contributed by atoms with Crippen LogP contribution in [0, 0.1) is 6.92 Å². The number of aromatic hydroxyl groups is 1. The van der Waals surface area contributed by atoms with Crippen molar-refractivity contribution in [3.05, 3.63) is 71.8 Å². The van der Waals surface area contributed by atoms with E-state index in [-0.39, 0.29) is 16.8 Å². The van der Waals surface area contributed by atoms with E-state index in [0.717, 1.165) is 11.1 Å². The van der Waals surface area contributed by atoms with E-state index in [1.807, 2.05) is 25.1 Å². The maximum absolute atomic E-state index is 12.4. The lowest BCUT2D eigenvalue weighted by atomic mass is 10.2. The number of aromatic nitrogens is 1. The first-order valence-electron chi connectivity index (χ1n) is 9.40. The number of hydrogen-bond acceptors (Lipinski definition) is 6. The molecule has 0 bridgehead atoms. The predicted octanol–water partition coefficient (Wildman–Crippen LogP) is 4.64. The standard InChI is InChI=1S/C23H19N3O4S/c1-13-6-9-20-18(10-13)25-22(30-20)17-8-7-15(12-19(17)27)24-23(31)26-21(28)14-4-3-5-16(11-14)29-2/h3-12,27H,1-2H3,(H2,24,26,28,31). The number of anilines is 1. The van der Waals surface area contributed by atoms with Gasteiger partial charge >= 0.3 is 0 Å². The SMILES string of the molecule is COc1cccc(C(=O)NC(=S)Nc2ccc(-c3nc4cc(C)ccc4o3)c(O)c2)c1. The Morgan fingerprint density at radius 2 is 1.97 bits per heavy atom.